The number of nitrogens with zero attached hydrogens (tertiary/aromatic N) is 1. The summed E-state index contributed by atoms with van der Waals surface area (Å²) in [4.78, 5) is 10.6. The Bertz CT molecular complexity index is 637. The van der Waals surface area contributed by atoms with Crippen molar-refractivity contribution in [3.05, 3.63) is 47.5 Å². The molecule has 0 saturated heterocycles. The lowest BCUT2D eigenvalue weighted by Crippen LogP contribution is -2.46. The standard InChI is InChI=1S/C17H22N4O2/c1-11-4-3-5-14(10-11)16-19-17(23-21-16)12(2)20-22-15(18)9-8-13-6-7-13/h3-5,8-10,12-13,17-18,20H,6-7H2,1-2H3,(H,19,21)/b9-8+,18-15?/t12-,17?/m0/s1. The smallest absolute Gasteiger partial charge is 0.230 e. The maximum atomic E-state index is 7.71. The highest BCUT2D eigenvalue weighted by molar-refractivity contribution is 5.99. The fraction of sp³-hybridized carbons (Fsp3) is 0.412. The Kier molecular flexibility index (Phi) is 4.62. The van der Waals surface area contributed by atoms with Gasteiger partial charge in [0.15, 0.2) is 5.84 Å². The third-order valence-electron chi connectivity index (χ3n) is 3.78. The second-order valence-electron chi connectivity index (χ2n) is 6.05. The molecule has 0 amide bonds. The van der Waals surface area contributed by atoms with Crippen LogP contribution in [0.2, 0.25) is 0 Å². The van der Waals surface area contributed by atoms with Gasteiger partial charge in [-0.1, -0.05) is 35.0 Å². The summed E-state index contributed by atoms with van der Waals surface area (Å²) < 4.78 is 0. The number of benzene rings is 1. The first-order valence-electron chi connectivity index (χ1n) is 7.88. The molecule has 1 saturated carbocycles. The number of nitrogens with one attached hydrogen (secondary N) is 3. The number of hydrogen-bond donors (Lipinski definition) is 3. The lowest BCUT2D eigenvalue weighted by Gasteiger charge is -2.19. The van der Waals surface area contributed by atoms with E-state index in [9.17, 15) is 0 Å². The molecule has 1 aliphatic carbocycles. The topological polar surface area (TPSA) is 78.7 Å². The van der Waals surface area contributed by atoms with Crippen LogP contribution in [0.25, 0.3) is 0 Å². The van der Waals surface area contributed by atoms with E-state index < -0.39 is 0 Å². The van der Waals surface area contributed by atoms with E-state index in [0.29, 0.717) is 11.8 Å². The van der Waals surface area contributed by atoms with Crippen molar-refractivity contribution in [2.45, 2.75) is 39.0 Å². The quantitative estimate of drug-likeness (QED) is 0.428. The van der Waals surface area contributed by atoms with Crippen LogP contribution in [0.4, 0.5) is 0 Å². The van der Waals surface area contributed by atoms with Gasteiger partial charge in [0.05, 0.1) is 6.04 Å². The third kappa shape index (κ3) is 4.32. The van der Waals surface area contributed by atoms with Gasteiger partial charge in [0.1, 0.15) is 0 Å². The summed E-state index contributed by atoms with van der Waals surface area (Å²) in [5.41, 5.74) is 4.97. The van der Waals surface area contributed by atoms with Crippen LogP contribution in [0.5, 0.6) is 0 Å². The zero-order valence-corrected chi connectivity index (χ0v) is 13.4. The minimum absolute atomic E-state index is 0.0987. The van der Waals surface area contributed by atoms with Crippen molar-refractivity contribution in [3.63, 3.8) is 0 Å². The van der Waals surface area contributed by atoms with Crippen LogP contribution in [0.15, 0.2) is 41.6 Å². The molecular weight excluding hydrogens is 292 g/mol. The fourth-order valence-corrected chi connectivity index (χ4v) is 2.21. The summed E-state index contributed by atoms with van der Waals surface area (Å²) in [6.45, 7) is 3.94. The molecule has 1 fully saturated rings. The van der Waals surface area contributed by atoms with Crippen molar-refractivity contribution in [1.82, 2.24) is 10.8 Å². The zero-order chi connectivity index (χ0) is 16.2. The van der Waals surface area contributed by atoms with E-state index in [1.165, 1.54) is 18.4 Å². The summed E-state index contributed by atoms with van der Waals surface area (Å²) in [5.74, 6) is 1.43. The molecule has 1 unspecified atom stereocenters. The van der Waals surface area contributed by atoms with Crippen LogP contribution in [-0.2, 0) is 9.68 Å². The van der Waals surface area contributed by atoms with E-state index in [-0.39, 0.29) is 18.2 Å². The van der Waals surface area contributed by atoms with E-state index in [0.717, 1.165) is 5.56 Å². The van der Waals surface area contributed by atoms with E-state index in [4.69, 9.17) is 15.1 Å². The maximum Gasteiger partial charge on any atom is 0.230 e. The average Bonchev–Trinajstić information content (AvgIpc) is 3.24. The summed E-state index contributed by atoms with van der Waals surface area (Å²) >= 11 is 0. The van der Waals surface area contributed by atoms with Gasteiger partial charge in [-0.15, -0.1) is 5.48 Å². The summed E-state index contributed by atoms with van der Waals surface area (Å²) in [6, 6.07) is 7.88. The average molecular weight is 314 g/mol. The van der Waals surface area contributed by atoms with Gasteiger partial charge in [-0.2, -0.15) is 0 Å². The van der Waals surface area contributed by atoms with Gasteiger partial charge in [-0.3, -0.25) is 5.41 Å². The van der Waals surface area contributed by atoms with Crippen LogP contribution in [0, 0.1) is 18.3 Å². The van der Waals surface area contributed by atoms with Gasteiger partial charge >= 0.3 is 0 Å². The van der Waals surface area contributed by atoms with Crippen molar-refractivity contribution in [2.24, 2.45) is 11.1 Å². The largest absolute Gasteiger partial charge is 0.389 e. The molecule has 2 atom stereocenters. The predicted molar refractivity (Wildman–Crippen MR) is 89.0 cm³/mol. The number of hydrogen-bond acceptors (Lipinski definition) is 6. The Morgan fingerprint density at radius 1 is 1.52 bits per heavy atom. The van der Waals surface area contributed by atoms with Crippen molar-refractivity contribution in [2.75, 3.05) is 0 Å². The molecule has 2 aliphatic rings. The fourth-order valence-electron chi connectivity index (χ4n) is 2.21. The second-order valence-corrected chi connectivity index (χ2v) is 6.05. The molecule has 0 radical (unpaired) electrons. The predicted octanol–water partition coefficient (Wildman–Crippen LogP) is 2.46. The lowest BCUT2D eigenvalue weighted by molar-refractivity contribution is 0.00755. The highest BCUT2D eigenvalue weighted by atomic mass is 16.7. The molecule has 23 heavy (non-hydrogen) atoms. The molecule has 122 valence electrons. The highest BCUT2D eigenvalue weighted by Gasteiger charge is 2.27. The normalized spacial score (nSPS) is 21.5. The Balaban J connectivity index is 1.46. The molecule has 1 aromatic carbocycles. The summed E-state index contributed by atoms with van der Waals surface area (Å²) in [6.07, 6.45) is 5.79. The molecule has 3 rings (SSSR count). The first-order chi connectivity index (χ1) is 11.1. The maximum absolute atomic E-state index is 7.71. The summed E-state index contributed by atoms with van der Waals surface area (Å²) in [7, 11) is 0. The minimum Gasteiger partial charge on any atom is -0.389 e. The van der Waals surface area contributed by atoms with Crippen LogP contribution in [0.3, 0.4) is 0 Å². The van der Waals surface area contributed by atoms with Crippen molar-refractivity contribution >= 4 is 11.7 Å². The number of oxime groups is 1. The van der Waals surface area contributed by atoms with Crippen LogP contribution < -0.4 is 10.8 Å². The molecule has 0 spiro atoms. The van der Waals surface area contributed by atoms with Crippen molar-refractivity contribution in [1.29, 1.82) is 5.41 Å². The molecule has 1 aliphatic heterocycles. The highest BCUT2D eigenvalue weighted by Crippen LogP contribution is 2.29. The summed E-state index contributed by atoms with van der Waals surface area (Å²) in [5, 5.41) is 15.0. The van der Waals surface area contributed by atoms with Gasteiger partial charge in [-0.25, -0.2) is 0 Å². The Morgan fingerprint density at radius 3 is 3.09 bits per heavy atom. The molecule has 0 aromatic heterocycles. The monoisotopic (exact) mass is 314 g/mol. The number of hydroxylamine groups is 1. The van der Waals surface area contributed by atoms with E-state index >= 15 is 0 Å². The number of amidine groups is 1. The van der Waals surface area contributed by atoms with Gasteiger partial charge in [0, 0.05) is 5.56 Å². The van der Waals surface area contributed by atoms with Gasteiger partial charge in [0.2, 0.25) is 12.1 Å². The number of rotatable bonds is 6. The van der Waals surface area contributed by atoms with Crippen LogP contribution >= 0.6 is 0 Å². The number of allylic oxidation sites excluding steroid dienone is 1. The Hall–Kier alpha value is -2.34. The van der Waals surface area contributed by atoms with Crippen molar-refractivity contribution in [3.8, 4) is 0 Å². The van der Waals surface area contributed by atoms with Gasteiger partial charge in [-0.05, 0) is 44.7 Å². The van der Waals surface area contributed by atoms with Gasteiger partial charge < -0.3 is 15.0 Å². The number of aryl methyl sites for hydroxylation is 1. The first kappa shape index (κ1) is 15.6. The van der Waals surface area contributed by atoms with Crippen LogP contribution in [0.1, 0.15) is 30.9 Å². The molecule has 1 heterocycles. The molecule has 0 bridgehead atoms. The first-order valence-corrected chi connectivity index (χ1v) is 7.88. The SMILES string of the molecule is Cc1cccc(C2=NOC([C@H](C)NOC(=N)/C=C/C3CC3)N2)c1. The molecule has 3 N–H and O–H groups in total. The molecule has 1 aromatic rings. The minimum atomic E-state index is -0.342. The molecule has 6 heteroatoms. The lowest BCUT2D eigenvalue weighted by atomic mass is 10.1. The van der Waals surface area contributed by atoms with E-state index in [2.05, 4.69) is 16.0 Å². The van der Waals surface area contributed by atoms with Gasteiger partial charge in [0.25, 0.3) is 0 Å². The third-order valence-corrected chi connectivity index (χ3v) is 3.78. The Morgan fingerprint density at radius 2 is 2.35 bits per heavy atom. The second kappa shape index (κ2) is 6.83. The molecular formula is C17H22N4O2. The van der Waals surface area contributed by atoms with E-state index in [1.54, 1.807) is 6.08 Å². The van der Waals surface area contributed by atoms with Crippen molar-refractivity contribution < 1.29 is 9.68 Å². The molecule has 6 nitrogen and oxygen atoms in total. The van der Waals surface area contributed by atoms with Crippen LogP contribution in [-0.4, -0.2) is 24.0 Å². The Labute approximate surface area is 136 Å². The zero-order valence-electron chi connectivity index (χ0n) is 13.4. The van der Waals surface area contributed by atoms with E-state index in [1.807, 2.05) is 44.2 Å².